The molecule has 0 spiro atoms. The summed E-state index contributed by atoms with van der Waals surface area (Å²) in [5.74, 6) is -0.410. The maximum absolute atomic E-state index is 13.2. The molecule has 2 unspecified atom stereocenters. The summed E-state index contributed by atoms with van der Waals surface area (Å²) >= 11 is 0. The van der Waals surface area contributed by atoms with E-state index in [9.17, 15) is 9.18 Å². The number of nitrogens with one attached hydrogen (secondary N) is 1. The standard InChI is InChI=1S/C16H25FN2O.ClH/c1-11(2)9-16(4,10-18)19-15(20)12(3)13-6-5-7-14(17)8-13;/h5-8,11-12H,9-10,18H2,1-4H3,(H,19,20);1H. The van der Waals surface area contributed by atoms with Gasteiger partial charge in [-0.15, -0.1) is 12.4 Å². The van der Waals surface area contributed by atoms with E-state index in [1.165, 1.54) is 12.1 Å². The number of hydrogen-bond donors (Lipinski definition) is 2. The Morgan fingerprint density at radius 2 is 2.00 bits per heavy atom. The normalized spacial score (nSPS) is 15.0. The van der Waals surface area contributed by atoms with Crippen LogP contribution in [0, 0.1) is 11.7 Å². The molecule has 0 aliphatic carbocycles. The molecule has 120 valence electrons. The van der Waals surface area contributed by atoms with Crippen molar-refractivity contribution in [2.45, 2.75) is 45.6 Å². The van der Waals surface area contributed by atoms with Crippen molar-refractivity contribution in [2.24, 2.45) is 11.7 Å². The Bertz CT molecular complexity index is 467. The maximum Gasteiger partial charge on any atom is 0.227 e. The van der Waals surface area contributed by atoms with Gasteiger partial charge >= 0.3 is 0 Å². The predicted octanol–water partition coefficient (Wildman–Crippen LogP) is 3.23. The molecule has 3 nitrogen and oxygen atoms in total. The van der Waals surface area contributed by atoms with Crippen molar-refractivity contribution >= 4 is 18.3 Å². The van der Waals surface area contributed by atoms with Crippen molar-refractivity contribution < 1.29 is 9.18 Å². The SMILES string of the molecule is CC(C)CC(C)(CN)NC(=O)C(C)c1cccc(F)c1.Cl. The van der Waals surface area contributed by atoms with Crippen LogP contribution in [0.4, 0.5) is 4.39 Å². The third-order valence-electron chi connectivity index (χ3n) is 3.48. The summed E-state index contributed by atoms with van der Waals surface area (Å²) in [5, 5.41) is 3.01. The average Bonchev–Trinajstić information content (AvgIpc) is 2.36. The van der Waals surface area contributed by atoms with E-state index < -0.39 is 11.5 Å². The van der Waals surface area contributed by atoms with Gasteiger partial charge in [-0.05, 0) is 43.9 Å². The lowest BCUT2D eigenvalue weighted by atomic mass is 9.89. The van der Waals surface area contributed by atoms with E-state index in [2.05, 4.69) is 19.2 Å². The van der Waals surface area contributed by atoms with Crippen molar-refractivity contribution in [3.05, 3.63) is 35.6 Å². The van der Waals surface area contributed by atoms with E-state index in [0.717, 1.165) is 6.42 Å². The zero-order valence-corrected chi connectivity index (χ0v) is 14.0. The van der Waals surface area contributed by atoms with Crippen LogP contribution in [0.1, 0.15) is 45.6 Å². The molecule has 2 atom stereocenters. The molecule has 1 aromatic carbocycles. The van der Waals surface area contributed by atoms with Crippen molar-refractivity contribution in [1.82, 2.24) is 5.32 Å². The second-order valence-electron chi connectivity index (χ2n) is 6.13. The number of carbonyl (C=O) groups excluding carboxylic acids is 1. The average molecular weight is 317 g/mol. The van der Waals surface area contributed by atoms with Crippen LogP contribution in [0.5, 0.6) is 0 Å². The van der Waals surface area contributed by atoms with E-state index in [1.54, 1.807) is 19.1 Å². The van der Waals surface area contributed by atoms with Crippen molar-refractivity contribution in [1.29, 1.82) is 0 Å². The molecule has 21 heavy (non-hydrogen) atoms. The van der Waals surface area contributed by atoms with Crippen LogP contribution in [-0.2, 0) is 4.79 Å². The van der Waals surface area contributed by atoms with E-state index in [1.807, 2.05) is 6.92 Å². The minimum Gasteiger partial charge on any atom is -0.349 e. The Kier molecular flexibility index (Phi) is 7.90. The molecule has 3 N–H and O–H groups in total. The van der Waals surface area contributed by atoms with Gasteiger partial charge in [-0.25, -0.2) is 4.39 Å². The first kappa shape index (κ1) is 19.9. The topological polar surface area (TPSA) is 55.1 Å². The van der Waals surface area contributed by atoms with Gasteiger partial charge in [0.05, 0.1) is 5.92 Å². The van der Waals surface area contributed by atoms with Gasteiger partial charge < -0.3 is 11.1 Å². The van der Waals surface area contributed by atoms with Crippen molar-refractivity contribution in [3.63, 3.8) is 0 Å². The van der Waals surface area contributed by atoms with Gasteiger partial charge in [-0.1, -0.05) is 26.0 Å². The number of nitrogens with two attached hydrogens (primary N) is 1. The van der Waals surface area contributed by atoms with E-state index in [0.29, 0.717) is 18.0 Å². The predicted molar refractivity (Wildman–Crippen MR) is 87.1 cm³/mol. The van der Waals surface area contributed by atoms with Crippen LogP contribution in [0.25, 0.3) is 0 Å². The Labute approximate surface area is 132 Å². The Morgan fingerprint density at radius 3 is 2.48 bits per heavy atom. The van der Waals surface area contributed by atoms with Crippen molar-refractivity contribution in [2.75, 3.05) is 6.54 Å². The number of hydrogen-bond acceptors (Lipinski definition) is 2. The number of benzene rings is 1. The van der Waals surface area contributed by atoms with Crippen LogP contribution in [0.2, 0.25) is 0 Å². The molecule has 0 saturated carbocycles. The van der Waals surface area contributed by atoms with Crippen LogP contribution >= 0.6 is 12.4 Å². The fraction of sp³-hybridized carbons (Fsp3) is 0.562. The van der Waals surface area contributed by atoms with Gasteiger partial charge in [-0.3, -0.25) is 4.79 Å². The number of amides is 1. The highest BCUT2D eigenvalue weighted by Gasteiger charge is 2.28. The Morgan fingerprint density at radius 1 is 1.38 bits per heavy atom. The van der Waals surface area contributed by atoms with Crippen LogP contribution in [-0.4, -0.2) is 18.0 Å². The fourth-order valence-corrected chi connectivity index (χ4v) is 2.42. The van der Waals surface area contributed by atoms with E-state index in [-0.39, 0.29) is 24.1 Å². The summed E-state index contributed by atoms with van der Waals surface area (Å²) in [5.41, 5.74) is 6.04. The molecule has 0 aliphatic rings. The smallest absolute Gasteiger partial charge is 0.227 e. The van der Waals surface area contributed by atoms with Crippen LogP contribution in [0.3, 0.4) is 0 Å². The molecule has 0 aliphatic heterocycles. The number of rotatable bonds is 6. The molecule has 0 saturated heterocycles. The lowest BCUT2D eigenvalue weighted by molar-refractivity contribution is -0.124. The quantitative estimate of drug-likeness (QED) is 0.846. The largest absolute Gasteiger partial charge is 0.349 e. The summed E-state index contributed by atoms with van der Waals surface area (Å²) in [6.45, 7) is 8.29. The molecule has 0 aromatic heterocycles. The first-order valence-electron chi connectivity index (χ1n) is 7.05. The second kappa shape index (κ2) is 8.35. The van der Waals surface area contributed by atoms with Crippen molar-refractivity contribution in [3.8, 4) is 0 Å². The number of halogens is 2. The van der Waals surface area contributed by atoms with Gasteiger partial charge in [0.1, 0.15) is 5.82 Å². The minimum atomic E-state index is -0.424. The second-order valence-corrected chi connectivity index (χ2v) is 6.13. The molecule has 0 radical (unpaired) electrons. The molecule has 1 rings (SSSR count). The molecule has 5 heteroatoms. The van der Waals surface area contributed by atoms with Gasteiger partial charge in [0.15, 0.2) is 0 Å². The van der Waals surface area contributed by atoms with Gasteiger partial charge in [0, 0.05) is 12.1 Å². The van der Waals surface area contributed by atoms with Crippen LogP contribution in [0.15, 0.2) is 24.3 Å². The fourth-order valence-electron chi connectivity index (χ4n) is 2.42. The Balaban J connectivity index is 0.00000400. The van der Waals surface area contributed by atoms with E-state index in [4.69, 9.17) is 5.73 Å². The third-order valence-corrected chi connectivity index (χ3v) is 3.48. The zero-order valence-electron chi connectivity index (χ0n) is 13.2. The number of carbonyl (C=O) groups is 1. The summed E-state index contributed by atoms with van der Waals surface area (Å²) in [6.07, 6.45) is 0.811. The van der Waals surface area contributed by atoms with Gasteiger partial charge in [0.2, 0.25) is 5.91 Å². The zero-order chi connectivity index (χ0) is 15.3. The summed E-state index contributed by atoms with van der Waals surface area (Å²) < 4.78 is 13.2. The molecule has 0 heterocycles. The molecular formula is C16H26ClFN2O. The highest BCUT2D eigenvalue weighted by Crippen LogP contribution is 2.20. The van der Waals surface area contributed by atoms with Gasteiger partial charge in [0.25, 0.3) is 0 Å². The highest BCUT2D eigenvalue weighted by molar-refractivity contribution is 5.85. The monoisotopic (exact) mass is 316 g/mol. The molecule has 0 fully saturated rings. The molecule has 0 bridgehead atoms. The maximum atomic E-state index is 13.2. The van der Waals surface area contributed by atoms with E-state index >= 15 is 0 Å². The summed E-state index contributed by atoms with van der Waals surface area (Å²) in [4.78, 5) is 12.3. The molecule has 1 aromatic rings. The van der Waals surface area contributed by atoms with Gasteiger partial charge in [-0.2, -0.15) is 0 Å². The van der Waals surface area contributed by atoms with Crippen LogP contribution < -0.4 is 11.1 Å². The summed E-state index contributed by atoms with van der Waals surface area (Å²) in [7, 11) is 0. The molecule has 1 amide bonds. The Hall–Kier alpha value is -1.13. The first-order valence-corrected chi connectivity index (χ1v) is 7.05. The lowest BCUT2D eigenvalue weighted by Crippen LogP contribution is -2.53. The minimum absolute atomic E-state index is 0. The molecular weight excluding hydrogens is 291 g/mol. The third kappa shape index (κ3) is 6.02. The highest BCUT2D eigenvalue weighted by atomic mass is 35.5. The first-order chi connectivity index (χ1) is 9.27. The summed E-state index contributed by atoms with van der Waals surface area (Å²) in [6, 6.07) is 6.14. The lowest BCUT2D eigenvalue weighted by Gasteiger charge is -2.32.